The van der Waals surface area contributed by atoms with Gasteiger partial charge in [0.1, 0.15) is 0 Å². The summed E-state index contributed by atoms with van der Waals surface area (Å²) in [6.07, 6.45) is 2.38. The molecule has 0 amide bonds. The van der Waals surface area contributed by atoms with Gasteiger partial charge in [-0.2, -0.15) is 0 Å². The highest BCUT2D eigenvalue weighted by Crippen LogP contribution is 2.25. The average Bonchev–Trinajstić information content (AvgIpc) is 2.25. The molecule has 0 radical (unpaired) electrons. The van der Waals surface area contributed by atoms with Crippen LogP contribution in [-0.2, 0) is 5.41 Å². The summed E-state index contributed by atoms with van der Waals surface area (Å²) >= 11 is 0. The van der Waals surface area contributed by atoms with Crippen LogP contribution in [0.15, 0.2) is 24.3 Å². The number of hydrogen-bond acceptors (Lipinski definition) is 1. The van der Waals surface area contributed by atoms with Gasteiger partial charge in [-0.3, -0.25) is 0 Å². The van der Waals surface area contributed by atoms with Crippen molar-refractivity contribution in [1.29, 1.82) is 0 Å². The Labute approximate surface area is 100 Å². The van der Waals surface area contributed by atoms with E-state index in [2.05, 4.69) is 52.0 Å². The van der Waals surface area contributed by atoms with Crippen LogP contribution >= 0.6 is 0 Å². The zero-order valence-corrected chi connectivity index (χ0v) is 11.1. The maximum Gasteiger partial charge on any atom is -0.000824 e. The fourth-order valence-electron chi connectivity index (χ4n) is 2.02. The maximum absolute atomic E-state index is 5.81. The SMILES string of the molecule is CCC[C@@H](CN)c1ccc(C(C)(C)C)cc1. The Morgan fingerprint density at radius 3 is 2.06 bits per heavy atom. The summed E-state index contributed by atoms with van der Waals surface area (Å²) < 4.78 is 0. The lowest BCUT2D eigenvalue weighted by atomic mass is 9.85. The normalized spacial score (nSPS) is 13.8. The Morgan fingerprint density at radius 1 is 1.12 bits per heavy atom. The van der Waals surface area contributed by atoms with Gasteiger partial charge in [0.2, 0.25) is 0 Å². The molecular formula is C15H25N. The molecule has 1 aromatic rings. The number of hydrogen-bond donors (Lipinski definition) is 1. The minimum atomic E-state index is 0.238. The van der Waals surface area contributed by atoms with E-state index in [9.17, 15) is 0 Å². The summed E-state index contributed by atoms with van der Waals surface area (Å²) in [6.45, 7) is 9.70. The Kier molecular flexibility index (Phi) is 4.55. The van der Waals surface area contributed by atoms with Crippen molar-refractivity contribution in [3.8, 4) is 0 Å². The van der Waals surface area contributed by atoms with Crippen LogP contribution in [0.1, 0.15) is 57.6 Å². The van der Waals surface area contributed by atoms with Crippen molar-refractivity contribution in [3.63, 3.8) is 0 Å². The van der Waals surface area contributed by atoms with Crippen LogP contribution < -0.4 is 5.73 Å². The Balaban J connectivity index is 2.85. The van der Waals surface area contributed by atoms with Gasteiger partial charge >= 0.3 is 0 Å². The van der Waals surface area contributed by atoms with Crippen LogP contribution in [0.5, 0.6) is 0 Å². The molecule has 0 bridgehead atoms. The molecular weight excluding hydrogens is 194 g/mol. The Hall–Kier alpha value is -0.820. The quantitative estimate of drug-likeness (QED) is 0.818. The minimum Gasteiger partial charge on any atom is -0.330 e. The minimum absolute atomic E-state index is 0.238. The molecule has 1 rings (SSSR count). The van der Waals surface area contributed by atoms with E-state index in [-0.39, 0.29) is 5.41 Å². The molecule has 1 heteroatoms. The largest absolute Gasteiger partial charge is 0.330 e. The first-order chi connectivity index (χ1) is 7.49. The van der Waals surface area contributed by atoms with Crippen LogP contribution in [0.4, 0.5) is 0 Å². The van der Waals surface area contributed by atoms with Crippen LogP contribution in [0, 0.1) is 0 Å². The van der Waals surface area contributed by atoms with E-state index in [0.717, 1.165) is 6.54 Å². The molecule has 0 saturated heterocycles. The lowest BCUT2D eigenvalue weighted by molar-refractivity contribution is 0.587. The number of benzene rings is 1. The highest BCUT2D eigenvalue weighted by molar-refractivity contribution is 5.29. The van der Waals surface area contributed by atoms with Crippen molar-refractivity contribution in [3.05, 3.63) is 35.4 Å². The number of nitrogens with two attached hydrogens (primary N) is 1. The van der Waals surface area contributed by atoms with Gasteiger partial charge in [0.15, 0.2) is 0 Å². The molecule has 0 aliphatic carbocycles. The smallest absolute Gasteiger partial charge is 0.000824 e. The van der Waals surface area contributed by atoms with Gasteiger partial charge in [0.25, 0.3) is 0 Å². The standard InChI is InChI=1S/C15H25N/c1-5-6-13(11-16)12-7-9-14(10-8-12)15(2,3)4/h7-10,13H,5-6,11,16H2,1-4H3/t13-/m0/s1. The van der Waals surface area contributed by atoms with E-state index in [4.69, 9.17) is 5.73 Å². The predicted molar refractivity (Wildman–Crippen MR) is 71.8 cm³/mol. The van der Waals surface area contributed by atoms with E-state index in [0.29, 0.717) is 5.92 Å². The van der Waals surface area contributed by atoms with E-state index in [1.165, 1.54) is 24.0 Å². The lowest BCUT2D eigenvalue weighted by Gasteiger charge is -2.21. The van der Waals surface area contributed by atoms with Crippen molar-refractivity contribution in [2.75, 3.05) is 6.54 Å². The summed E-state index contributed by atoms with van der Waals surface area (Å²) in [5, 5.41) is 0. The summed E-state index contributed by atoms with van der Waals surface area (Å²) in [7, 11) is 0. The van der Waals surface area contributed by atoms with E-state index >= 15 is 0 Å². The van der Waals surface area contributed by atoms with Gasteiger partial charge in [-0.05, 0) is 35.4 Å². The Bertz CT molecular complexity index is 305. The lowest BCUT2D eigenvalue weighted by Crippen LogP contribution is -2.14. The average molecular weight is 219 g/mol. The van der Waals surface area contributed by atoms with Crippen molar-refractivity contribution in [2.45, 2.75) is 51.9 Å². The zero-order valence-electron chi connectivity index (χ0n) is 11.1. The second-order valence-electron chi connectivity index (χ2n) is 5.59. The third kappa shape index (κ3) is 3.34. The van der Waals surface area contributed by atoms with Gasteiger partial charge in [-0.15, -0.1) is 0 Å². The molecule has 0 aliphatic rings. The predicted octanol–water partition coefficient (Wildman–Crippen LogP) is 3.83. The molecule has 16 heavy (non-hydrogen) atoms. The molecule has 0 aliphatic heterocycles. The molecule has 0 heterocycles. The van der Waals surface area contributed by atoms with Crippen LogP contribution in [0.2, 0.25) is 0 Å². The maximum atomic E-state index is 5.81. The molecule has 0 aromatic heterocycles. The van der Waals surface area contributed by atoms with Gasteiger partial charge in [0, 0.05) is 0 Å². The first-order valence-corrected chi connectivity index (χ1v) is 6.29. The van der Waals surface area contributed by atoms with Gasteiger partial charge < -0.3 is 5.73 Å². The van der Waals surface area contributed by atoms with E-state index < -0.39 is 0 Å². The molecule has 2 N–H and O–H groups in total. The van der Waals surface area contributed by atoms with Crippen LogP contribution in [0.3, 0.4) is 0 Å². The number of rotatable bonds is 4. The summed E-state index contributed by atoms with van der Waals surface area (Å²) in [5.41, 5.74) is 8.83. The second-order valence-corrected chi connectivity index (χ2v) is 5.59. The molecule has 1 atom stereocenters. The van der Waals surface area contributed by atoms with Gasteiger partial charge in [0.05, 0.1) is 0 Å². The molecule has 1 nitrogen and oxygen atoms in total. The van der Waals surface area contributed by atoms with Crippen LogP contribution in [0.25, 0.3) is 0 Å². The molecule has 0 saturated carbocycles. The topological polar surface area (TPSA) is 26.0 Å². The van der Waals surface area contributed by atoms with Crippen LogP contribution in [-0.4, -0.2) is 6.54 Å². The monoisotopic (exact) mass is 219 g/mol. The Morgan fingerprint density at radius 2 is 1.69 bits per heavy atom. The van der Waals surface area contributed by atoms with Crippen molar-refractivity contribution >= 4 is 0 Å². The van der Waals surface area contributed by atoms with Gasteiger partial charge in [-0.1, -0.05) is 58.4 Å². The zero-order chi connectivity index (χ0) is 12.2. The third-order valence-corrected chi connectivity index (χ3v) is 3.17. The first kappa shape index (κ1) is 13.2. The summed E-state index contributed by atoms with van der Waals surface area (Å²) in [5.74, 6) is 0.527. The third-order valence-electron chi connectivity index (χ3n) is 3.17. The molecule has 90 valence electrons. The second kappa shape index (κ2) is 5.49. The molecule has 0 fully saturated rings. The van der Waals surface area contributed by atoms with Crippen molar-refractivity contribution in [1.82, 2.24) is 0 Å². The van der Waals surface area contributed by atoms with Crippen molar-refractivity contribution in [2.24, 2.45) is 5.73 Å². The van der Waals surface area contributed by atoms with E-state index in [1.807, 2.05) is 0 Å². The molecule has 0 spiro atoms. The van der Waals surface area contributed by atoms with Crippen molar-refractivity contribution < 1.29 is 0 Å². The fourth-order valence-corrected chi connectivity index (χ4v) is 2.02. The van der Waals surface area contributed by atoms with Gasteiger partial charge in [-0.25, -0.2) is 0 Å². The molecule has 0 unspecified atom stereocenters. The highest BCUT2D eigenvalue weighted by atomic mass is 14.5. The summed E-state index contributed by atoms with van der Waals surface area (Å²) in [6, 6.07) is 8.98. The highest BCUT2D eigenvalue weighted by Gasteiger charge is 2.14. The molecule has 1 aromatic carbocycles. The first-order valence-electron chi connectivity index (χ1n) is 6.29. The fraction of sp³-hybridized carbons (Fsp3) is 0.600. The van der Waals surface area contributed by atoms with E-state index in [1.54, 1.807) is 0 Å². The summed E-state index contributed by atoms with van der Waals surface area (Å²) in [4.78, 5) is 0.